The SMILES string of the molecule is CC(C)NC(=O)CCNCCC(=O)N(C)C. The van der Waals surface area contributed by atoms with Crippen molar-refractivity contribution in [2.75, 3.05) is 27.2 Å². The van der Waals surface area contributed by atoms with E-state index >= 15 is 0 Å². The standard InChI is InChI=1S/C11H23N3O2/c1-9(2)13-10(15)5-7-12-8-6-11(16)14(3)4/h9,12H,5-8H2,1-4H3,(H,13,15). The molecule has 0 saturated carbocycles. The fraction of sp³-hybridized carbons (Fsp3) is 0.818. The lowest BCUT2D eigenvalue weighted by molar-refractivity contribution is -0.128. The quantitative estimate of drug-likeness (QED) is 0.603. The summed E-state index contributed by atoms with van der Waals surface area (Å²) in [5.74, 6) is 0.139. The molecule has 2 amide bonds. The third-order valence-electron chi connectivity index (χ3n) is 1.99. The lowest BCUT2D eigenvalue weighted by atomic mass is 10.3. The molecule has 0 aliphatic rings. The Bertz CT molecular complexity index is 227. The Balaban J connectivity index is 3.40. The molecule has 0 aliphatic carbocycles. The highest BCUT2D eigenvalue weighted by atomic mass is 16.2. The molecule has 5 heteroatoms. The van der Waals surface area contributed by atoms with Gasteiger partial charge in [0.25, 0.3) is 0 Å². The predicted octanol–water partition coefficient (Wildman–Crippen LogP) is -0.0310. The molecule has 0 aromatic heterocycles. The number of hydrogen-bond donors (Lipinski definition) is 2. The van der Waals surface area contributed by atoms with E-state index in [0.29, 0.717) is 25.9 Å². The summed E-state index contributed by atoms with van der Waals surface area (Å²) in [6.45, 7) is 5.09. The van der Waals surface area contributed by atoms with Gasteiger partial charge in [0.15, 0.2) is 0 Å². The largest absolute Gasteiger partial charge is 0.354 e. The Morgan fingerprint density at radius 1 is 1.12 bits per heavy atom. The maximum absolute atomic E-state index is 11.2. The number of rotatable bonds is 7. The number of amides is 2. The van der Waals surface area contributed by atoms with E-state index in [1.807, 2.05) is 13.8 Å². The van der Waals surface area contributed by atoms with Crippen molar-refractivity contribution in [3.63, 3.8) is 0 Å². The van der Waals surface area contributed by atoms with E-state index in [0.717, 1.165) is 0 Å². The highest BCUT2D eigenvalue weighted by molar-refractivity contribution is 5.76. The molecule has 0 aromatic carbocycles. The average Bonchev–Trinajstić information content (AvgIpc) is 2.15. The van der Waals surface area contributed by atoms with Gasteiger partial charge >= 0.3 is 0 Å². The van der Waals surface area contributed by atoms with Crippen molar-refractivity contribution in [2.24, 2.45) is 0 Å². The maximum atomic E-state index is 11.2. The summed E-state index contributed by atoms with van der Waals surface area (Å²) in [7, 11) is 3.47. The number of nitrogens with one attached hydrogen (secondary N) is 2. The van der Waals surface area contributed by atoms with E-state index < -0.39 is 0 Å². The van der Waals surface area contributed by atoms with Gasteiger partial charge in [-0.1, -0.05) is 0 Å². The van der Waals surface area contributed by atoms with Crippen LogP contribution in [0.2, 0.25) is 0 Å². The zero-order valence-electron chi connectivity index (χ0n) is 10.7. The van der Waals surface area contributed by atoms with Gasteiger partial charge in [0.1, 0.15) is 0 Å². The van der Waals surface area contributed by atoms with Gasteiger partial charge in [-0.05, 0) is 13.8 Å². The van der Waals surface area contributed by atoms with Crippen LogP contribution in [0.4, 0.5) is 0 Å². The number of nitrogens with zero attached hydrogens (tertiary/aromatic N) is 1. The summed E-state index contributed by atoms with van der Waals surface area (Å²) in [6, 6.07) is 0.183. The summed E-state index contributed by atoms with van der Waals surface area (Å²) in [5, 5.41) is 5.87. The second-order valence-corrected chi connectivity index (χ2v) is 4.26. The molecule has 0 unspecified atom stereocenters. The molecule has 0 bridgehead atoms. The van der Waals surface area contributed by atoms with Crippen molar-refractivity contribution in [1.82, 2.24) is 15.5 Å². The van der Waals surface area contributed by atoms with Gasteiger partial charge in [0, 0.05) is 46.1 Å². The molecule has 0 aromatic rings. The van der Waals surface area contributed by atoms with Crippen molar-refractivity contribution >= 4 is 11.8 Å². The normalized spacial score (nSPS) is 10.3. The van der Waals surface area contributed by atoms with Crippen LogP contribution in [0, 0.1) is 0 Å². The topological polar surface area (TPSA) is 61.4 Å². The molecule has 0 rings (SSSR count). The zero-order valence-corrected chi connectivity index (χ0v) is 10.7. The Morgan fingerprint density at radius 2 is 1.69 bits per heavy atom. The van der Waals surface area contributed by atoms with Crippen molar-refractivity contribution in [3.8, 4) is 0 Å². The van der Waals surface area contributed by atoms with Crippen LogP contribution in [0.1, 0.15) is 26.7 Å². The van der Waals surface area contributed by atoms with Crippen LogP contribution in [0.5, 0.6) is 0 Å². The minimum Gasteiger partial charge on any atom is -0.354 e. The van der Waals surface area contributed by atoms with Crippen molar-refractivity contribution < 1.29 is 9.59 Å². The van der Waals surface area contributed by atoms with E-state index in [9.17, 15) is 9.59 Å². The smallest absolute Gasteiger partial charge is 0.223 e. The third-order valence-corrected chi connectivity index (χ3v) is 1.99. The van der Waals surface area contributed by atoms with Gasteiger partial charge in [0.05, 0.1) is 0 Å². The summed E-state index contributed by atoms with van der Waals surface area (Å²) >= 11 is 0. The summed E-state index contributed by atoms with van der Waals surface area (Å²) < 4.78 is 0. The Morgan fingerprint density at radius 3 is 2.19 bits per heavy atom. The molecule has 0 aliphatic heterocycles. The molecular formula is C11H23N3O2. The number of carbonyl (C=O) groups excluding carboxylic acids is 2. The molecule has 0 saturated heterocycles. The fourth-order valence-electron chi connectivity index (χ4n) is 1.14. The third kappa shape index (κ3) is 8.23. The van der Waals surface area contributed by atoms with Crippen molar-refractivity contribution in [1.29, 1.82) is 0 Å². The van der Waals surface area contributed by atoms with Crippen molar-refractivity contribution in [3.05, 3.63) is 0 Å². The number of carbonyl (C=O) groups is 2. The molecule has 0 fully saturated rings. The molecular weight excluding hydrogens is 206 g/mol. The maximum Gasteiger partial charge on any atom is 0.223 e. The summed E-state index contributed by atoms with van der Waals surface area (Å²) in [4.78, 5) is 24.0. The Labute approximate surface area is 97.6 Å². The van der Waals surface area contributed by atoms with Crippen LogP contribution in [0.25, 0.3) is 0 Å². The van der Waals surface area contributed by atoms with Crippen LogP contribution >= 0.6 is 0 Å². The van der Waals surface area contributed by atoms with E-state index in [2.05, 4.69) is 10.6 Å². The van der Waals surface area contributed by atoms with Gasteiger partial charge in [-0.3, -0.25) is 9.59 Å². The Hall–Kier alpha value is -1.10. The van der Waals surface area contributed by atoms with E-state index in [4.69, 9.17) is 0 Å². The molecule has 16 heavy (non-hydrogen) atoms. The lowest BCUT2D eigenvalue weighted by Gasteiger charge is -2.11. The van der Waals surface area contributed by atoms with Gasteiger partial charge in [-0.15, -0.1) is 0 Å². The molecule has 0 spiro atoms. The molecule has 2 N–H and O–H groups in total. The van der Waals surface area contributed by atoms with Gasteiger partial charge in [-0.2, -0.15) is 0 Å². The highest BCUT2D eigenvalue weighted by Gasteiger charge is 2.04. The van der Waals surface area contributed by atoms with Crippen LogP contribution < -0.4 is 10.6 Å². The summed E-state index contributed by atoms with van der Waals surface area (Å²) in [6.07, 6.45) is 0.924. The van der Waals surface area contributed by atoms with Crippen molar-refractivity contribution in [2.45, 2.75) is 32.7 Å². The predicted molar refractivity (Wildman–Crippen MR) is 64.1 cm³/mol. The molecule has 94 valence electrons. The monoisotopic (exact) mass is 229 g/mol. The second-order valence-electron chi connectivity index (χ2n) is 4.26. The first-order chi connectivity index (χ1) is 7.43. The molecule has 0 radical (unpaired) electrons. The van der Waals surface area contributed by atoms with Crippen LogP contribution in [-0.2, 0) is 9.59 Å². The van der Waals surface area contributed by atoms with E-state index in [1.54, 1.807) is 19.0 Å². The lowest BCUT2D eigenvalue weighted by Crippen LogP contribution is -2.33. The van der Waals surface area contributed by atoms with Gasteiger partial charge in [0.2, 0.25) is 11.8 Å². The average molecular weight is 229 g/mol. The molecule has 0 atom stereocenters. The van der Waals surface area contributed by atoms with Gasteiger partial charge < -0.3 is 15.5 Å². The van der Waals surface area contributed by atoms with Gasteiger partial charge in [-0.25, -0.2) is 0 Å². The van der Waals surface area contributed by atoms with E-state index in [-0.39, 0.29) is 17.9 Å². The molecule has 5 nitrogen and oxygen atoms in total. The minimum absolute atomic E-state index is 0.0430. The fourth-order valence-corrected chi connectivity index (χ4v) is 1.14. The second kappa shape index (κ2) is 8.10. The first-order valence-electron chi connectivity index (χ1n) is 5.63. The first-order valence-corrected chi connectivity index (χ1v) is 5.63. The minimum atomic E-state index is 0.0430. The Kier molecular flexibility index (Phi) is 7.54. The first kappa shape index (κ1) is 14.9. The summed E-state index contributed by atoms with van der Waals surface area (Å²) in [5.41, 5.74) is 0. The molecule has 0 heterocycles. The highest BCUT2D eigenvalue weighted by Crippen LogP contribution is 1.86. The van der Waals surface area contributed by atoms with Crippen LogP contribution in [0.15, 0.2) is 0 Å². The van der Waals surface area contributed by atoms with Crippen LogP contribution in [0.3, 0.4) is 0 Å². The van der Waals surface area contributed by atoms with Crippen LogP contribution in [-0.4, -0.2) is 49.9 Å². The van der Waals surface area contributed by atoms with E-state index in [1.165, 1.54) is 0 Å². The zero-order chi connectivity index (χ0) is 12.6. The number of hydrogen-bond acceptors (Lipinski definition) is 3.